The van der Waals surface area contributed by atoms with Crippen LogP contribution in [-0.4, -0.2) is 30.7 Å². The summed E-state index contributed by atoms with van der Waals surface area (Å²) in [7, 11) is 3.28. The van der Waals surface area contributed by atoms with Crippen molar-refractivity contribution in [3.63, 3.8) is 0 Å². The Balaban J connectivity index is 1.40. The average molecular weight is 455 g/mol. The fraction of sp³-hybridized carbons (Fsp3) is 0.759. The molecule has 4 heteroatoms. The van der Waals surface area contributed by atoms with Crippen LogP contribution in [0.4, 0.5) is 0 Å². The van der Waals surface area contributed by atoms with Crippen LogP contribution in [0.1, 0.15) is 88.9 Å². The summed E-state index contributed by atoms with van der Waals surface area (Å²) in [5.74, 6) is 4.47. The molecule has 4 nitrogen and oxygen atoms in total. The minimum absolute atomic E-state index is 0.0813. The molecule has 8 atom stereocenters. The molecule has 1 aromatic rings. The third-order valence-corrected chi connectivity index (χ3v) is 10.9. The molecule has 0 heterocycles. The SMILES string of the molecule is COc1cc(OC)cc(C(=O)[C@H]2CC[C@H]3C4CC[C@@H]5C[C@](C)(O)CC[C@]5(C)[C@H]4CC[C@]23C)c1. The molecule has 0 saturated heterocycles. The van der Waals surface area contributed by atoms with E-state index in [1.54, 1.807) is 14.2 Å². The van der Waals surface area contributed by atoms with Crippen molar-refractivity contribution in [2.75, 3.05) is 14.2 Å². The van der Waals surface area contributed by atoms with Gasteiger partial charge in [0.25, 0.3) is 0 Å². The standard InChI is InChI=1S/C29H42O4/c1-27(31)12-13-28(2)19(17-27)6-7-22-23-8-9-25(29(23,3)11-10-24(22)28)26(30)18-14-20(32-4)16-21(15-18)33-5/h14-16,19,22-25,31H,6-13,17H2,1-5H3/t19-,22?,23+,24+,25-,27-,28+,29+/m1/s1. The molecule has 182 valence electrons. The zero-order valence-corrected chi connectivity index (χ0v) is 21.2. The number of Topliss-reactive ketones (excluding diaryl/α,β-unsaturated/α-hetero) is 1. The molecule has 0 radical (unpaired) electrons. The van der Waals surface area contributed by atoms with Gasteiger partial charge in [-0.1, -0.05) is 13.8 Å². The molecule has 1 N–H and O–H groups in total. The van der Waals surface area contributed by atoms with Gasteiger partial charge >= 0.3 is 0 Å². The van der Waals surface area contributed by atoms with Crippen molar-refractivity contribution in [3.05, 3.63) is 23.8 Å². The van der Waals surface area contributed by atoms with Crippen LogP contribution in [0.5, 0.6) is 11.5 Å². The first-order valence-corrected chi connectivity index (χ1v) is 13.1. The first-order valence-electron chi connectivity index (χ1n) is 13.1. The molecule has 1 unspecified atom stereocenters. The predicted octanol–water partition coefficient (Wildman–Crippen LogP) is 6.30. The Morgan fingerprint density at radius 2 is 1.52 bits per heavy atom. The largest absolute Gasteiger partial charge is 0.497 e. The third kappa shape index (κ3) is 3.63. The van der Waals surface area contributed by atoms with Crippen LogP contribution in [0.3, 0.4) is 0 Å². The minimum Gasteiger partial charge on any atom is -0.497 e. The summed E-state index contributed by atoms with van der Waals surface area (Å²) in [5, 5.41) is 10.7. The van der Waals surface area contributed by atoms with E-state index in [9.17, 15) is 9.90 Å². The topological polar surface area (TPSA) is 55.8 Å². The highest BCUT2D eigenvalue weighted by Crippen LogP contribution is 2.68. The molecular weight excluding hydrogens is 412 g/mol. The molecule has 1 aromatic carbocycles. The molecule has 33 heavy (non-hydrogen) atoms. The van der Waals surface area contributed by atoms with E-state index >= 15 is 0 Å². The Kier molecular flexibility index (Phi) is 5.63. The molecule has 0 spiro atoms. The van der Waals surface area contributed by atoms with Crippen molar-refractivity contribution in [2.45, 2.75) is 84.2 Å². The number of hydrogen-bond donors (Lipinski definition) is 1. The average Bonchev–Trinajstić information content (AvgIpc) is 3.15. The van der Waals surface area contributed by atoms with Gasteiger partial charge in [0, 0.05) is 17.5 Å². The second kappa shape index (κ2) is 8.00. The van der Waals surface area contributed by atoms with Gasteiger partial charge in [-0.2, -0.15) is 0 Å². The first kappa shape index (κ1) is 23.2. The number of ketones is 1. The van der Waals surface area contributed by atoms with Crippen molar-refractivity contribution in [1.82, 2.24) is 0 Å². The molecule has 0 aromatic heterocycles. The first-order chi connectivity index (χ1) is 15.6. The summed E-state index contributed by atoms with van der Waals surface area (Å²) < 4.78 is 10.9. The van der Waals surface area contributed by atoms with Gasteiger partial charge in [0.2, 0.25) is 0 Å². The Hall–Kier alpha value is -1.55. The molecule has 5 rings (SSSR count). The number of fused-ring (bicyclic) bond motifs is 5. The van der Waals surface area contributed by atoms with Crippen molar-refractivity contribution in [1.29, 1.82) is 0 Å². The lowest BCUT2D eigenvalue weighted by Crippen LogP contribution is -2.55. The van der Waals surface area contributed by atoms with E-state index in [4.69, 9.17) is 9.47 Å². The van der Waals surface area contributed by atoms with E-state index in [0.717, 1.165) is 49.5 Å². The number of rotatable bonds is 4. The van der Waals surface area contributed by atoms with Crippen LogP contribution in [0.2, 0.25) is 0 Å². The Labute approximate surface area is 199 Å². The number of carbonyl (C=O) groups excluding carboxylic acids is 1. The number of carbonyl (C=O) groups is 1. The molecule has 0 bridgehead atoms. The summed E-state index contributed by atoms with van der Waals surface area (Å²) in [4.78, 5) is 13.8. The summed E-state index contributed by atoms with van der Waals surface area (Å²) >= 11 is 0. The van der Waals surface area contributed by atoms with Gasteiger partial charge in [-0.3, -0.25) is 4.79 Å². The summed E-state index contributed by atoms with van der Waals surface area (Å²) in [6, 6.07) is 5.60. The third-order valence-electron chi connectivity index (χ3n) is 10.9. The molecule has 0 aliphatic heterocycles. The zero-order valence-electron chi connectivity index (χ0n) is 21.2. The molecule has 0 amide bonds. The van der Waals surface area contributed by atoms with E-state index in [1.165, 1.54) is 25.7 Å². The number of ether oxygens (including phenoxy) is 2. The maximum absolute atomic E-state index is 13.8. The second-order valence-electron chi connectivity index (χ2n) is 12.5. The van der Waals surface area contributed by atoms with Gasteiger partial charge in [0.1, 0.15) is 11.5 Å². The van der Waals surface area contributed by atoms with Crippen molar-refractivity contribution < 1.29 is 19.4 Å². The van der Waals surface area contributed by atoms with E-state index in [0.29, 0.717) is 28.7 Å². The molecule has 4 aliphatic carbocycles. The van der Waals surface area contributed by atoms with Crippen LogP contribution in [0.25, 0.3) is 0 Å². The van der Waals surface area contributed by atoms with E-state index in [2.05, 4.69) is 13.8 Å². The Bertz CT molecular complexity index is 900. The summed E-state index contributed by atoms with van der Waals surface area (Å²) in [5.41, 5.74) is 0.681. The van der Waals surface area contributed by atoms with Crippen LogP contribution in [-0.2, 0) is 0 Å². The number of aliphatic hydroxyl groups is 1. The molecule has 4 fully saturated rings. The van der Waals surface area contributed by atoms with Gasteiger partial charge in [-0.15, -0.1) is 0 Å². The monoisotopic (exact) mass is 454 g/mol. The van der Waals surface area contributed by atoms with Crippen LogP contribution in [0, 0.1) is 40.4 Å². The van der Waals surface area contributed by atoms with Crippen LogP contribution in [0.15, 0.2) is 18.2 Å². The van der Waals surface area contributed by atoms with Crippen molar-refractivity contribution in [2.24, 2.45) is 40.4 Å². The van der Waals surface area contributed by atoms with Crippen LogP contribution < -0.4 is 9.47 Å². The fourth-order valence-corrected chi connectivity index (χ4v) is 9.01. The Morgan fingerprint density at radius 1 is 0.848 bits per heavy atom. The predicted molar refractivity (Wildman–Crippen MR) is 130 cm³/mol. The molecule has 4 aliphatic rings. The normalized spacial score (nSPS) is 44.4. The van der Waals surface area contributed by atoms with Crippen LogP contribution >= 0.6 is 0 Å². The number of hydrogen-bond acceptors (Lipinski definition) is 4. The number of benzene rings is 1. The summed E-state index contributed by atoms with van der Waals surface area (Å²) in [6.45, 7) is 6.99. The smallest absolute Gasteiger partial charge is 0.166 e. The lowest BCUT2D eigenvalue weighted by atomic mass is 9.44. The van der Waals surface area contributed by atoms with E-state index in [1.807, 2.05) is 25.1 Å². The highest BCUT2D eigenvalue weighted by Gasteiger charge is 2.61. The van der Waals surface area contributed by atoms with E-state index in [-0.39, 0.29) is 17.1 Å². The minimum atomic E-state index is -0.483. The van der Waals surface area contributed by atoms with Gasteiger partial charge < -0.3 is 14.6 Å². The molecular formula is C29H42O4. The number of methoxy groups -OCH3 is 2. The van der Waals surface area contributed by atoms with Gasteiger partial charge in [0.15, 0.2) is 5.78 Å². The lowest BCUT2D eigenvalue weighted by molar-refractivity contribution is -0.144. The van der Waals surface area contributed by atoms with Gasteiger partial charge in [0.05, 0.1) is 19.8 Å². The van der Waals surface area contributed by atoms with Crippen molar-refractivity contribution >= 4 is 5.78 Å². The maximum Gasteiger partial charge on any atom is 0.166 e. The lowest BCUT2D eigenvalue weighted by Gasteiger charge is -2.61. The molecule has 4 saturated carbocycles. The highest BCUT2D eigenvalue weighted by molar-refractivity contribution is 5.99. The highest BCUT2D eigenvalue weighted by atomic mass is 16.5. The van der Waals surface area contributed by atoms with Crippen molar-refractivity contribution in [3.8, 4) is 11.5 Å². The Morgan fingerprint density at radius 3 is 2.18 bits per heavy atom. The zero-order chi connectivity index (χ0) is 23.6. The second-order valence-corrected chi connectivity index (χ2v) is 12.5. The fourth-order valence-electron chi connectivity index (χ4n) is 9.01. The van der Waals surface area contributed by atoms with Gasteiger partial charge in [-0.25, -0.2) is 0 Å². The quantitative estimate of drug-likeness (QED) is 0.543. The summed E-state index contributed by atoms with van der Waals surface area (Å²) in [6.07, 6.45) is 10.1. The van der Waals surface area contributed by atoms with Gasteiger partial charge in [-0.05, 0) is 111 Å². The van der Waals surface area contributed by atoms with E-state index < -0.39 is 5.60 Å². The maximum atomic E-state index is 13.8.